The molecule has 1 unspecified atom stereocenters. The normalized spacial score (nSPS) is 11.4. The maximum absolute atomic E-state index is 11.2. The monoisotopic (exact) mass is 210 g/mol. The van der Waals surface area contributed by atoms with Gasteiger partial charge in [-0.2, -0.15) is 0 Å². The van der Waals surface area contributed by atoms with E-state index in [1.54, 1.807) is 6.08 Å². The van der Waals surface area contributed by atoms with E-state index in [0.29, 0.717) is 6.61 Å². The van der Waals surface area contributed by atoms with Crippen molar-refractivity contribution in [1.82, 2.24) is 0 Å². The zero-order valence-electron chi connectivity index (χ0n) is 10.1. The number of rotatable bonds is 7. The SMILES string of the molecule is CCCCCC=C=CC(C)C(=O)OCC. The summed E-state index contributed by atoms with van der Waals surface area (Å²) < 4.78 is 4.88. The zero-order valence-corrected chi connectivity index (χ0v) is 10.1. The van der Waals surface area contributed by atoms with Crippen LogP contribution in [0.15, 0.2) is 17.9 Å². The molecule has 1 atom stereocenters. The van der Waals surface area contributed by atoms with Gasteiger partial charge in [-0.15, -0.1) is 5.73 Å². The second kappa shape index (κ2) is 9.54. The second-order valence-electron chi connectivity index (χ2n) is 3.57. The Bertz CT molecular complexity index is 225. The third-order valence-electron chi connectivity index (χ3n) is 2.07. The molecule has 2 heteroatoms. The molecule has 0 fully saturated rings. The van der Waals surface area contributed by atoms with E-state index in [1.165, 1.54) is 19.3 Å². The van der Waals surface area contributed by atoms with E-state index in [0.717, 1.165) is 6.42 Å². The lowest BCUT2D eigenvalue weighted by Gasteiger charge is -2.03. The minimum atomic E-state index is -0.188. The van der Waals surface area contributed by atoms with E-state index in [-0.39, 0.29) is 11.9 Å². The van der Waals surface area contributed by atoms with Gasteiger partial charge < -0.3 is 4.74 Å². The van der Waals surface area contributed by atoms with Crippen LogP contribution in [0, 0.1) is 5.92 Å². The Balaban J connectivity index is 3.78. The summed E-state index contributed by atoms with van der Waals surface area (Å²) in [6.45, 7) is 6.26. The average Bonchev–Trinajstić information content (AvgIpc) is 2.23. The summed E-state index contributed by atoms with van der Waals surface area (Å²) in [6, 6.07) is 0. The van der Waals surface area contributed by atoms with Crippen LogP contribution in [0.25, 0.3) is 0 Å². The summed E-state index contributed by atoms with van der Waals surface area (Å²) >= 11 is 0. The summed E-state index contributed by atoms with van der Waals surface area (Å²) in [5.74, 6) is -0.362. The number of carbonyl (C=O) groups excluding carboxylic acids is 1. The first-order valence-electron chi connectivity index (χ1n) is 5.80. The molecule has 0 aliphatic carbocycles. The van der Waals surface area contributed by atoms with Crippen LogP contribution in [0.3, 0.4) is 0 Å². The highest BCUT2D eigenvalue weighted by molar-refractivity contribution is 5.73. The fourth-order valence-electron chi connectivity index (χ4n) is 1.13. The van der Waals surface area contributed by atoms with Gasteiger partial charge in [0.05, 0.1) is 12.5 Å². The smallest absolute Gasteiger partial charge is 0.313 e. The predicted octanol–water partition coefficient (Wildman–Crippen LogP) is 3.48. The van der Waals surface area contributed by atoms with E-state index in [9.17, 15) is 4.79 Å². The van der Waals surface area contributed by atoms with E-state index < -0.39 is 0 Å². The predicted molar refractivity (Wildman–Crippen MR) is 62.6 cm³/mol. The number of hydrogen-bond acceptors (Lipinski definition) is 2. The fraction of sp³-hybridized carbons (Fsp3) is 0.692. The highest BCUT2D eigenvalue weighted by Crippen LogP contribution is 2.01. The summed E-state index contributed by atoms with van der Waals surface area (Å²) in [5.41, 5.74) is 3.03. The molecular formula is C13H22O2. The van der Waals surface area contributed by atoms with Gasteiger partial charge >= 0.3 is 5.97 Å². The van der Waals surface area contributed by atoms with Crippen LogP contribution >= 0.6 is 0 Å². The van der Waals surface area contributed by atoms with Crippen molar-refractivity contribution in [2.45, 2.75) is 46.5 Å². The van der Waals surface area contributed by atoms with Gasteiger partial charge in [0.25, 0.3) is 0 Å². The van der Waals surface area contributed by atoms with Crippen LogP contribution in [0.4, 0.5) is 0 Å². The Morgan fingerprint density at radius 1 is 1.40 bits per heavy atom. The fourth-order valence-corrected chi connectivity index (χ4v) is 1.13. The third kappa shape index (κ3) is 8.02. The average molecular weight is 210 g/mol. The molecule has 2 nitrogen and oxygen atoms in total. The van der Waals surface area contributed by atoms with Crippen molar-refractivity contribution in [2.24, 2.45) is 5.92 Å². The molecule has 0 aliphatic rings. The Morgan fingerprint density at radius 2 is 2.13 bits per heavy atom. The summed E-state index contributed by atoms with van der Waals surface area (Å²) in [4.78, 5) is 11.2. The van der Waals surface area contributed by atoms with Crippen molar-refractivity contribution >= 4 is 5.97 Å². The van der Waals surface area contributed by atoms with Crippen LogP contribution in [0.2, 0.25) is 0 Å². The van der Waals surface area contributed by atoms with Crippen LogP contribution in [-0.2, 0) is 9.53 Å². The molecule has 0 bridgehead atoms. The largest absolute Gasteiger partial charge is 0.466 e. The number of hydrogen-bond donors (Lipinski definition) is 0. The van der Waals surface area contributed by atoms with Crippen LogP contribution in [0.5, 0.6) is 0 Å². The van der Waals surface area contributed by atoms with Gasteiger partial charge in [0, 0.05) is 0 Å². The maximum atomic E-state index is 11.2. The summed E-state index contributed by atoms with van der Waals surface area (Å²) in [6.07, 6.45) is 8.49. The lowest BCUT2D eigenvalue weighted by atomic mass is 10.1. The van der Waals surface area contributed by atoms with Crippen molar-refractivity contribution in [3.8, 4) is 0 Å². The third-order valence-corrected chi connectivity index (χ3v) is 2.07. The lowest BCUT2D eigenvalue weighted by Crippen LogP contribution is -2.11. The van der Waals surface area contributed by atoms with E-state index in [2.05, 4.69) is 12.7 Å². The first-order chi connectivity index (χ1) is 7.22. The molecule has 0 aromatic heterocycles. The van der Waals surface area contributed by atoms with Crippen molar-refractivity contribution in [3.05, 3.63) is 17.9 Å². The molecule has 0 aliphatic heterocycles. The van der Waals surface area contributed by atoms with Crippen molar-refractivity contribution in [1.29, 1.82) is 0 Å². The number of esters is 1. The van der Waals surface area contributed by atoms with Crippen molar-refractivity contribution < 1.29 is 9.53 Å². The molecule has 15 heavy (non-hydrogen) atoms. The quantitative estimate of drug-likeness (QED) is 0.365. The molecule has 0 rings (SSSR count). The van der Waals surface area contributed by atoms with Crippen LogP contribution < -0.4 is 0 Å². The highest BCUT2D eigenvalue weighted by atomic mass is 16.5. The number of ether oxygens (including phenoxy) is 1. The Kier molecular flexibility index (Phi) is 8.90. The van der Waals surface area contributed by atoms with Gasteiger partial charge in [-0.3, -0.25) is 4.79 Å². The Morgan fingerprint density at radius 3 is 2.73 bits per heavy atom. The lowest BCUT2D eigenvalue weighted by molar-refractivity contribution is -0.145. The Labute approximate surface area is 93.0 Å². The van der Waals surface area contributed by atoms with E-state index in [4.69, 9.17) is 4.74 Å². The van der Waals surface area contributed by atoms with Gasteiger partial charge in [-0.1, -0.05) is 19.8 Å². The first-order valence-corrected chi connectivity index (χ1v) is 5.80. The maximum Gasteiger partial charge on any atom is 0.313 e. The first kappa shape index (κ1) is 14.0. The van der Waals surface area contributed by atoms with Gasteiger partial charge in [-0.05, 0) is 38.8 Å². The van der Waals surface area contributed by atoms with Crippen molar-refractivity contribution in [2.75, 3.05) is 6.61 Å². The van der Waals surface area contributed by atoms with Gasteiger partial charge in [-0.25, -0.2) is 0 Å². The molecule has 0 aromatic carbocycles. The minimum Gasteiger partial charge on any atom is -0.466 e. The molecular weight excluding hydrogens is 188 g/mol. The molecule has 0 radical (unpaired) electrons. The summed E-state index contributed by atoms with van der Waals surface area (Å²) in [7, 11) is 0. The second-order valence-corrected chi connectivity index (χ2v) is 3.57. The van der Waals surface area contributed by atoms with Crippen molar-refractivity contribution in [3.63, 3.8) is 0 Å². The van der Waals surface area contributed by atoms with E-state index in [1.807, 2.05) is 19.9 Å². The molecule has 0 amide bonds. The number of carbonyl (C=O) groups is 1. The number of unbranched alkanes of at least 4 members (excludes halogenated alkanes) is 3. The van der Waals surface area contributed by atoms with Crippen LogP contribution in [-0.4, -0.2) is 12.6 Å². The molecule has 0 saturated heterocycles. The molecule has 0 aromatic rings. The zero-order chi connectivity index (χ0) is 11.5. The summed E-state index contributed by atoms with van der Waals surface area (Å²) in [5, 5.41) is 0. The minimum absolute atomic E-state index is 0.174. The topological polar surface area (TPSA) is 26.3 Å². The van der Waals surface area contributed by atoms with Gasteiger partial charge in [0.2, 0.25) is 0 Å². The van der Waals surface area contributed by atoms with Gasteiger partial charge in [0.1, 0.15) is 0 Å². The van der Waals surface area contributed by atoms with Gasteiger partial charge in [0.15, 0.2) is 0 Å². The molecule has 0 saturated carbocycles. The van der Waals surface area contributed by atoms with E-state index >= 15 is 0 Å². The molecule has 0 N–H and O–H groups in total. The molecule has 0 heterocycles. The molecule has 86 valence electrons. The molecule has 0 spiro atoms. The highest BCUT2D eigenvalue weighted by Gasteiger charge is 2.08. The standard InChI is InChI=1S/C13H22O2/c1-4-6-7-8-9-10-11-12(3)13(14)15-5-2/h9,11-12H,4-8H2,1-3H3. The Hall–Kier alpha value is -1.01. The van der Waals surface area contributed by atoms with Crippen LogP contribution in [0.1, 0.15) is 46.5 Å².